The Morgan fingerprint density at radius 1 is 1.17 bits per heavy atom. The van der Waals surface area contributed by atoms with Gasteiger partial charge >= 0.3 is 0 Å². The van der Waals surface area contributed by atoms with Gasteiger partial charge in [-0.05, 0) is 20.8 Å². The van der Waals surface area contributed by atoms with Crippen LogP contribution >= 0.6 is 0 Å². The summed E-state index contributed by atoms with van der Waals surface area (Å²) in [6.45, 7) is 6.94. The molecule has 0 fully saturated rings. The third-order valence-corrected chi connectivity index (χ3v) is 5.20. The van der Waals surface area contributed by atoms with Crippen molar-refractivity contribution in [3.63, 3.8) is 0 Å². The third kappa shape index (κ3) is 3.65. The number of hydrogen-bond acceptors (Lipinski definition) is 7. The number of fused-ring (bicyclic) bond motifs is 1. The molecule has 29 heavy (non-hydrogen) atoms. The molecule has 0 saturated heterocycles. The molecule has 0 saturated carbocycles. The largest absolute Gasteiger partial charge is 0.350 e. The second-order valence-corrected chi connectivity index (χ2v) is 7.42. The smallest absolute Gasteiger partial charge is 0.246 e. The summed E-state index contributed by atoms with van der Waals surface area (Å²) in [7, 11) is 3.78. The van der Waals surface area contributed by atoms with Gasteiger partial charge in [-0.25, -0.2) is 4.98 Å². The normalized spacial score (nSPS) is 16.0. The summed E-state index contributed by atoms with van der Waals surface area (Å²) in [5.41, 5.74) is 4.57. The fourth-order valence-corrected chi connectivity index (χ4v) is 3.37. The summed E-state index contributed by atoms with van der Waals surface area (Å²) in [4.78, 5) is 23.0. The molecule has 0 unspecified atom stereocenters. The first-order chi connectivity index (χ1) is 13.8. The lowest BCUT2D eigenvalue weighted by atomic mass is 10.2. The van der Waals surface area contributed by atoms with Crippen LogP contribution in [0.2, 0.25) is 0 Å². The lowest BCUT2D eigenvalue weighted by Gasteiger charge is -2.32. The highest BCUT2D eigenvalue weighted by Crippen LogP contribution is 2.32. The van der Waals surface area contributed by atoms with Gasteiger partial charge in [0.05, 0.1) is 24.1 Å². The first kappa shape index (κ1) is 18.9. The number of amides is 1. The predicted molar refractivity (Wildman–Crippen MR) is 110 cm³/mol. The molecule has 10 heteroatoms. The summed E-state index contributed by atoms with van der Waals surface area (Å²) in [5, 5.41) is 14.9. The van der Waals surface area contributed by atoms with Crippen LogP contribution in [-0.4, -0.2) is 48.5 Å². The van der Waals surface area contributed by atoms with Crippen molar-refractivity contribution in [2.24, 2.45) is 7.05 Å². The summed E-state index contributed by atoms with van der Waals surface area (Å²) in [6, 6.07) is -0.279. The maximum Gasteiger partial charge on any atom is 0.246 e. The van der Waals surface area contributed by atoms with Crippen molar-refractivity contribution in [3.8, 4) is 0 Å². The number of likely N-dealkylation sites (N-methyl/N-ethyl adjacent to an activating group) is 1. The Kier molecular flexibility index (Phi) is 4.69. The Balaban J connectivity index is 1.46. The molecule has 0 aliphatic carbocycles. The molecule has 1 atom stereocenters. The number of nitrogens with zero attached hydrogens (tertiary/aromatic N) is 7. The molecule has 152 valence electrons. The van der Waals surface area contributed by atoms with E-state index in [-0.39, 0.29) is 11.9 Å². The number of carbonyl (C=O) groups is 1. The SMILES string of the molecule is Cc1nn(C)cc1Cn1cc(CNc2nc(C)c3c(n2)N(C)[C@@H](C)C(=O)N3)cn1. The monoisotopic (exact) mass is 395 g/mol. The van der Waals surface area contributed by atoms with Crippen LogP contribution in [0.5, 0.6) is 0 Å². The minimum atomic E-state index is -0.279. The van der Waals surface area contributed by atoms with Gasteiger partial charge in [0.25, 0.3) is 0 Å². The quantitative estimate of drug-likeness (QED) is 0.674. The van der Waals surface area contributed by atoms with Crippen LogP contribution in [0.4, 0.5) is 17.5 Å². The molecule has 2 N–H and O–H groups in total. The van der Waals surface area contributed by atoms with Gasteiger partial charge < -0.3 is 15.5 Å². The molecule has 1 aliphatic heterocycles. The molecule has 4 rings (SSSR count). The minimum Gasteiger partial charge on any atom is -0.350 e. The molecule has 0 radical (unpaired) electrons. The zero-order valence-electron chi connectivity index (χ0n) is 17.3. The molecule has 3 aromatic heterocycles. The molecule has 1 amide bonds. The molecular weight excluding hydrogens is 370 g/mol. The van der Waals surface area contributed by atoms with Crippen molar-refractivity contribution in [2.45, 2.75) is 39.9 Å². The molecular formula is C19H25N9O. The van der Waals surface area contributed by atoms with Gasteiger partial charge in [0.1, 0.15) is 11.7 Å². The Morgan fingerprint density at radius 2 is 1.97 bits per heavy atom. The van der Waals surface area contributed by atoms with Crippen molar-refractivity contribution in [1.82, 2.24) is 29.5 Å². The zero-order valence-corrected chi connectivity index (χ0v) is 17.3. The fraction of sp³-hybridized carbons (Fsp3) is 0.421. The van der Waals surface area contributed by atoms with Crippen LogP contribution in [0.1, 0.15) is 29.4 Å². The van der Waals surface area contributed by atoms with E-state index in [1.165, 1.54) is 0 Å². The Labute approximate surface area is 168 Å². The van der Waals surface area contributed by atoms with Crippen LogP contribution < -0.4 is 15.5 Å². The van der Waals surface area contributed by atoms with Crippen LogP contribution in [0.3, 0.4) is 0 Å². The van der Waals surface area contributed by atoms with E-state index >= 15 is 0 Å². The molecule has 0 bridgehead atoms. The number of anilines is 3. The van der Waals surface area contributed by atoms with Crippen LogP contribution in [0.15, 0.2) is 18.6 Å². The van der Waals surface area contributed by atoms with Crippen LogP contribution in [0.25, 0.3) is 0 Å². The van der Waals surface area contributed by atoms with Crippen molar-refractivity contribution < 1.29 is 4.79 Å². The van der Waals surface area contributed by atoms with E-state index in [1.807, 2.05) is 67.7 Å². The minimum absolute atomic E-state index is 0.0522. The van der Waals surface area contributed by atoms with E-state index < -0.39 is 0 Å². The van der Waals surface area contributed by atoms with E-state index in [9.17, 15) is 4.79 Å². The summed E-state index contributed by atoms with van der Waals surface area (Å²) < 4.78 is 3.71. The topological polar surface area (TPSA) is 106 Å². The molecule has 0 spiro atoms. The number of hydrogen-bond donors (Lipinski definition) is 2. The van der Waals surface area contributed by atoms with Crippen LogP contribution in [-0.2, 0) is 24.9 Å². The van der Waals surface area contributed by atoms with Crippen molar-refractivity contribution in [1.29, 1.82) is 0 Å². The Bertz CT molecular complexity index is 1070. The van der Waals surface area contributed by atoms with E-state index in [0.29, 0.717) is 24.7 Å². The van der Waals surface area contributed by atoms with Gasteiger partial charge in [-0.2, -0.15) is 15.2 Å². The second-order valence-electron chi connectivity index (χ2n) is 7.42. The van der Waals surface area contributed by atoms with Gasteiger partial charge in [0.15, 0.2) is 5.82 Å². The van der Waals surface area contributed by atoms with E-state index in [0.717, 1.165) is 28.3 Å². The van der Waals surface area contributed by atoms with Gasteiger partial charge in [0, 0.05) is 44.2 Å². The van der Waals surface area contributed by atoms with E-state index in [4.69, 9.17) is 0 Å². The lowest BCUT2D eigenvalue weighted by molar-refractivity contribution is -0.117. The van der Waals surface area contributed by atoms with Crippen LogP contribution in [0, 0.1) is 13.8 Å². The van der Waals surface area contributed by atoms with E-state index in [1.54, 1.807) is 0 Å². The highest BCUT2D eigenvalue weighted by Gasteiger charge is 2.30. The van der Waals surface area contributed by atoms with Gasteiger partial charge in [-0.3, -0.25) is 14.2 Å². The predicted octanol–water partition coefficient (Wildman–Crippen LogP) is 1.46. The molecule has 10 nitrogen and oxygen atoms in total. The number of rotatable bonds is 5. The van der Waals surface area contributed by atoms with Gasteiger partial charge in [-0.15, -0.1) is 0 Å². The maximum atomic E-state index is 12.0. The third-order valence-electron chi connectivity index (χ3n) is 5.20. The van der Waals surface area contributed by atoms with Crippen molar-refractivity contribution in [2.75, 3.05) is 22.6 Å². The molecule has 0 aromatic carbocycles. The first-order valence-electron chi connectivity index (χ1n) is 9.48. The maximum absolute atomic E-state index is 12.0. The first-order valence-corrected chi connectivity index (χ1v) is 9.48. The van der Waals surface area contributed by atoms with Gasteiger partial charge in [-0.1, -0.05) is 0 Å². The summed E-state index contributed by atoms with van der Waals surface area (Å²) in [5.74, 6) is 1.19. The average Bonchev–Trinajstić information content (AvgIpc) is 3.25. The molecule has 4 heterocycles. The Morgan fingerprint density at radius 3 is 2.69 bits per heavy atom. The van der Waals surface area contributed by atoms with Crippen molar-refractivity contribution >= 4 is 23.4 Å². The van der Waals surface area contributed by atoms with Crippen molar-refractivity contribution in [3.05, 3.63) is 41.1 Å². The van der Waals surface area contributed by atoms with E-state index in [2.05, 4.69) is 30.8 Å². The highest BCUT2D eigenvalue weighted by molar-refractivity contribution is 6.03. The summed E-state index contributed by atoms with van der Waals surface area (Å²) in [6.07, 6.45) is 5.84. The second kappa shape index (κ2) is 7.19. The lowest BCUT2D eigenvalue weighted by Crippen LogP contribution is -2.44. The standard InChI is InChI=1S/C19H25N9O/c1-11-15(9-26(4)25-11)10-28-8-14(7-21-28)6-20-19-22-12(2)16-17(24-19)27(5)13(3)18(29)23-16/h7-9,13H,6,10H2,1-5H3,(H,23,29)(H,20,22,24)/t13-/m0/s1. The molecule has 1 aliphatic rings. The summed E-state index contributed by atoms with van der Waals surface area (Å²) >= 11 is 0. The van der Waals surface area contributed by atoms with Gasteiger partial charge in [0.2, 0.25) is 11.9 Å². The highest BCUT2D eigenvalue weighted by atomic mass is 16.2. The number of nitrogens with one attached hydrogen (secondary N) is 2. The molecule has 3 aromatic rings. The number of aromatic nitrogens is 6. The fourth-order valence-electron chi connectivity index (χ4n) is 3.37. The number of aryl methyl sites for hydroxylation is 3. The average molecular weight is 395 g/mol. The Hall–Kier alpha value is -3.43. The number of carbonyl (C=O) groups excluding carboxylic acids is 1. The zero-order chi connectivity index (χ0) is 20.7.